The van der Waals surface area contributed by atoms with Gasteiger partial charge in [-0.25, -0.2) is 0 Å². The fraction of sp³-hybridized carbons (Fsp3) is 0.188. The van der Waals surface area contributed by atoms with Crippen LogP contribution in [0.4, 0.5) is 0 Å². The average molecular weight is 275 g/mol. The molecule has 0 aliphatic heterocycles. The summed E-state index contributed by atoms with van der Waals surface area (Å²) in [5.74, 6) is 0.586. The van der Waals surface area contributed by atoms with Gasteiger partial charge in [0.1, 0.15) is 5.75 Å². The van der Waals surface area contributed by atoms with Gasteiger partial charge in [0.15, 0.2) is 6.61 Å². The molecule has 2 aromatic rings. The summed E-state index contributed by atoms with van der Waals surface area (Å²) in [6, 6.07) is 12.9. The molecular formula is C16H15ClO2. The maximum absolute atomic E-state index is 12.0. The lowest BCUT2D eigenvalue weighted by atomic mass is 10.1. The van der Waals surface area contributed by atoms with Crippen LogP contribution in [0.5, 0.6) is 5.75 Å². The van der Waals surface area contributed by atoms with Crippen molar-refractivity contribution in [1.82, 2.24) is 0 Å². The highest BCUT2D eigenvalue weighted by Gasteiger charge is 2.10. The summed E-state index contributed by atoms with van der Waals surface area (Å²) >= 11 is 5.97. The van der Waals surface area contributed by atoms with Crippen LogP contribution >= 0.6 is 11.6 Å². The first kappa shape index (κ1) is 13.6. The Bertz CT molecular complexity index is 585. The zero-order valence-corrected chi connectivity index (χ0v) is 11.7. The van der Waals surface area contributed by atoms with Gasteiger partial charge >= 0.3 is 0 Å². The number of halogens is 1. The van der Waals surface area contributed by atoms with Crippen LogP contribution in [0.2, 0.25) is 5.02 Å². The van der Waals surface area contributed by atoms with Crippen LogP contribution in [0, 0.1) is 13.8 Å². The Morgan fingerprint density at radius 2 is 1.74 bits per heavy atom. The topological polar surface area (TPSA) is 26.3 Å². The van der Waals surface area contributed by atoms with E-state index in [0.29, 0.717) is 16.3 Å². The van der Waals surface area contributed by atoms with Gasteiger partial charge in [-0.2, -0.15) is 0 Å². The van der Waals surface area contributed by atoms with Crippen LogP contribution in [-0.2, 0) is 0 Å². The van der Waals surface area contributed by atoms with Crippen LogP contribution < -0.4 is 4.74 Å². The third kappa shape index (κ3) is 3.58. The van der Waals surface area contributed by atoms with Gasteiger partial charge in [-0.3, -0.25) is 4.79 Å². The van der Waals surface area contributed by atoms with Gasteiger partial charge in [0.25, 0.3) is 0 Å². The lowest BCUT2D eigenvalue weighted by Gasteiger charge is -2.08. The summed E-state index contributed by atoms with van der Waals surface area (Å²) < 4.78 is 5.53. The molecule has 0 aromatic heterocycles. The van der Waals surface area contributed by atoms with Crippen LogP contribution in [0.15, 0.2) is 42.5 Å². The number of hydrogen-bond donors (Lipinski definition) is 0. The normalized spacial score (nSPS) is 10.3. The summed E-state index contributed by atoms with van der Waals surface area (Å²) in [5.41, 5.74) is 2.72. The minimum atomic E-state index is -0.121. The Hall–Kier alpha value is -1.80. The van der Waals surface area contributed by atoms with Crippen molar-refractivity contribution in [3.05, 3.63) is 64.2 Å². The molecule has 19 heavy (non-hydrogen) atoms. The fourth-order valence-electron chi connectivity index (χ4n) is 1.93. The second-order valence-electron chi connectivity index (χ2n) is 4.52. The minimum absolute atomic E-state index is 0.00731. The predicted octanol–water partition coefficient (Wildman–Crippen LogP) is 4.22. The van der Waals surface area contributed by atoms with Gasteiger partial charge < -0.3 is 4.74 Å². The largest absolute Gasteiger partial charge is 0.485 e. The van der Waals surface area contributed by atoms with Crippen LogP contribution in [-0.4, -0.2) is 12.4 Å². The van der Waals surface area contributed by atoms with E-state index in [0.717, 1.165) is 11.1 Å². The zero-order valence-electron chi connectivity index (χ0n) is 10.9. The Balaban J connectivity index is 2.07. The highest BCUT2D eigenvalue weighted by molar-refractivity contribution is 6.34. The second kappa shape index (κ2) is 5.89. The quantitative estimate of drug-likeness (QED) is 0.781. The summed E-state index contributed by atoms with van der Waals surface area (Å²) in [7, 11) is 0. The number of carbonyl (C=O) groups excluding carboxylic acids is 1. The first-order valence-corrected chi connectivity index (χ1v) is 6.43. The van der Waals surface area contributed by atoms with Crippen molar-refractivity contribution in [3.8, 4) is 5.75 Å². The standard InChI is InChI=1S/C16H15ClO2/c1-11-7-12(2)9-13(8-11)19-10-16(18)14-5-3-4-6-15(14)17/h3-9H,10H2,1-2H3. The number of Topliss-reactive ketones (excluding diaryl/α,β-unsaturated/α-hetero) is 1. The van der Waals surface area contributed by atoms with Crippen molar-refractivity contribution < 1.29 is 9.53 Å². The lowest BCUT2D eigenvalue weighted by molar-refractivity contribution is 0.0921. The van der Waals surface area contributed by atoms with Gasteiger partial charge in [-0.1, -0.05) is 29.8 Å². The van der Waals surface area contributed by atoms with Crippen LogP contribution in [0.3, 0.4) is 0 Å². The lowest BCUT2D eigenvalue weighted by Crippen LogP contribution is -2.12. The molecule has 0 amide bonds. The smallest absolute Gasteiger partial charge is 0.201 e. The Morgan fingerprint density at radius 1 is 1.11 bits per heavy atom. The van der Waals surface area contributed by atoms with Crippen molar-refractivity contribution in [2.45, 2.75) is 13.8 Å². The Kier molecular flexibility index (Phi) is 4.23. The first-order chi connectivity index (χ1) is 9.06. The molecule has 2 aromatic carbocycles. The summed E-state index contributed by atoms with van der Waals surface area (Å²) in [6.45, 7) is 3.98. The summed E-state index contributed by atoms with van der Waals surface area (Å²) in [4.78, 5) is 12.0. The number of ketones is 1. The van der Waals surface area contributed by atoms with Crippen molar-refractivity contribution in [2.75, 3.05) is 6.61 Å². The zero-order chi connectivity index (χ0) is 13.8. The van der Waals surface area contributed by atoms with Gasteiger partial charge in [0.2, 0.25) is 5.78 Å². The number of rotatable bonds is 4. The average Bonchev–Trinajstić information content (AvgIpc) is 2.35. The van der Waals surface area contributed by atoms with Gasteiger partial charge in [0, 0.05) is 5.56 Å². The van der Waals surface area contributed by atoms with Crippen LogP contribution in [0.25, 0.3) is 0 Å². The number of carbonyl (C=O) groups is 1. The van der Waals surface area contributed by atoms with E-state index < -0.39 is 0 Å². The molecule has 0 unspecified atom stereocenters. The van der Waals surface area contributed by atoms with Crippen molar-refractivity contribution in [2.24, 2.45) is 0 Å². The molecular weight excluding hydrogens is 260 g/mol. The molecule has 0 heterocycles. The van der Waals surface area contributed by atoms with E-state index in [9.17, 15) is 4.79 Å². The maximum Gasteiger partial charge on any atom is 0.201 e. The van der Waals surface area contributed by atoms with E-state index in [1.54, 1.807) is 24.3 Å². The molecule has 0 fully saturated rings. The molecule has 0 spiro atoms. The van der Waals surface area contributed by atoms with Gasteiger partial charge in [-0.15, -0.1) is 0 Å². The van der Waals surface area contributed by atoms with E-state index in [-0.39, 0.29) is 12.4 Å². The fourth-order valence-corrected chi connectivity index (χ4v) is 2.17. The van der Waals surface area contributed by atoms with Crippen molar-refractivity contribution in [3.63, 3.8) is 0 Å². The number of benzene rings is 2. The Morgan fingerprint density at radius 3 is 2.37 bits per heavy atom. The molecule has 0 N–H and O–H groups in total. The van der Waals surface area contributed by atoms with Crippen molar-refractivity contribution >= 4 is 17.4 Å². The van der Waals surface area contributed by atoms with Crippen LogP contribution in [0.1, 0.15) is 21.5 Å². The van der Waals surface area contributed by atoms with Gasteiger partial charge in [0.05, 0.1) is 5.02 Å². The molecule has 0 aliphatic rings. The van der Waals surface area contributed by atoms with E-state index in [1.165, 1.54) is 0 Å². The first-order valence-electron chi connectivity index (χ1n) is 6.05. The van der Waals surface area contributed by atoms with E-state index >= 15 is 0 Å². The number of ether oxygens (including phenoxy) is 1. The third-order valence-corrected chi connectivity index (χ3v) is 3.07. The number of aryl methyl sites for hydroxylation is 2. The highest BCUT2D eigenvalue weighted by Crippen LogP contribution is 2.18. The van der Waals surface area contributed by atoms with E-state index in [4.69, 9.17) is 16.3 Å². The van der Waals surface area contributed by atoms with Crippen molar-refractivity contribution in [1.29, 1.82) is 0 Å². The monoisotopic (exact) mass is 274 g/mol. The molecule has 98 valence electrons. The van der Waals surface area contributed by atoms with Gasteiger partial charge in [-0.05, 0) is 49.2 Å². The highest BCUT2D eigenvalue weighted by atomic mass is 35.5. The molecule has 2 rings (SSSR count). The summed E-state index contributed by atoms with van der Waals surface area (Å²) in [5, 5.41) is 0.455. The second-order valence-corrected chi connectivity index (χ2v) is 4.92. The molecule has 0 aliphatic carbocycles. The molecule has 0 atom stereocenters. The van der Waals surface area contributed by atoms with E-state index in [2.05, 4.69) is 6.07 Å². The molecule has 0 radical (unpaired) electrons. The SMILES string of the molecule is Cc1cc(C)cc(OCC(=O)c2ccccc2Cl)c1. The van der Waals surface area contributed by atoms with E-state index in [1.807, 2.05) is 26.0 Å². The molecule has 0 bridgehead atoms. The summed E-state index contributed by atoms with van der Waals surface area (Å²) in [6.07, 6.45) is 0. The predicted molar refractivity (Wildman–Crippen MR) is 77.2 cm³/mol. The molecule has 2 nitrogen and oxygen atoms in total. The third-order valence-electron chi connectivity index (χ3n) is 2.74. The molecule has 0 saturated carbocycles. The molecule has 0 saturated heterocycles. The minimum Gasteiger partial charge on any atom is -0.485 e. The number of hydrogen-bond acceptors (Lipinski definition) is 2. The maximum atomic E-state index is 12.0. The Labute approximate surface area is 118 Å². The molecule has 3 heteroatoms.